The Hall–Kier alpha value is -1.29. The molecule has 1 aromatic rings. The molecule has 2 rings (SSSR count). The summed E-state index contributed by atoms with van der Waals surface area (Å²) >= 11 is 1.66. The quantitative estimate of drug-likeness (QED) is 0.478. The minimum Gasteiger partial charge on any atom is -0.469 e. The van der Waals surface area contributed by atoms with Crippen molar-refractivity contribution >= 4 is 17.7 Å². The van der Waals surface area contributed by atoms with Gasteiger partial charge in [0, 0.05) is 10.6 Å². The van der Waals surface area contributed by atoms with E-state index in [4.69, 9.17) is 4.74 Å². The second-order valence-electron chi connectivity index (χ2n) is 4.60. The van der Waals surface area contributed by atoms with E-state index in [2.05, 4.69) is 6.08 Å². The second kappa shape index (κ2) is 6.75. The van der Waals surface area contributed by atoms with Crippen LogP contribution in [0, 0.1) is 17.7 Å². The lowest BCUT2D eigenvalue weighted by Crippen LogP contribution is -2.27. The molecule has 2 unspecified atom stereocenters. The number of methoxy groups -OCH3 is 1. The van der Waals surface area contributed by atoms with Crippen molar-refractivity contribution in [2.45, 2.75) is 17.7 Å². The van der Waals surface area contributed by atoms with Crippen molar-refractivity contribution in [3.05, 3.63) is 42.2 Å². The molecule has 1 aliphatic carbocycles. The summed E-state index contributed by atoms with van der Waals surface area (Å²) in [5.74, 6) is 0.720. The highest BCUT2D eigenvalue weighted by Crippen LogP contribution is 2.32. The third-order valence-corrected chi connectivity index (χ3v) is 4.55. The fourth-order valence-electron chi connectivity index (χ4n) is 2.23. The molecule has 0 saturated heterocycles. The maximum Gasteiger partial charge on any atom is 0.309 e. The molecule has 0 heterocycles. The van der Waals surface area contributed by atoms with E-state index in [9.17, 15) is 9.18 Å². The monoisotopic (exact) mass is 280 g/mol. The molecule has 4 heteroatoms. The summed E-state index contributed by atoms with van der Waals surface area (Å²) in [4.78, 5) is 12.7. The van der Waals surface area contributed by atoms with Gasteiger partial charge in [-0.15, -0.1) is 11.8 Å². The minimum absolute atomic E-state index is 0.0528. The molecule has 0 aromatic heterocycles. The van der Waals surface area contributed by atoms with Crippen molar-refractivity contribution in [1.29, 1.82) is 0 Å². The lowest BCUT2D eigenvalue weighted by molar-refractivity contribution is -0.147. The van der Waals surface area contributed by atoms with Crippen molar-refractivity contribution in [3.63, 3.8) is 0 Å². The number of esters is 1. The van der Waals surface area contributed by atoms with E-state index in [0.29, 0.717) is 0 Å². The molecule has 0 N–H and O–H groups in total. The van der Waals surface area contributed by atoms with Crippen molar-refractivity contribution in [3.8, 4) is 0 Å². The second-order valence-corrected chi connectivity index (χ2v) is 5.69. The van der Waals surface area contributed by atoms with Gasteiger partial charge in [-0.2, -0.15) is 0 Å². The SMILES string of the molecule is COC(=O)C1CC=CCC1CSc1ccc(F)cc1. The molecule has 102 valence electrons. The normalized spacial score (nSPS) is 22.2. The van der Waals surface area contributed by atoms with Gasteiger partial charge < -0.3 is 4.74 Å². The van der Waals surface area contributed by atoms with E-state index in [0.717, 1.165) is 23.5 Å². The Morgan fingerprint density at radius 2 is 2.00 bits per heavy atom. The van der Waals surface area contributed by atoms with Crippen LogP contribution in [-0.2, 0) is 9.53 Å². The number of hydrogen-bond acceptors (Lipinski definition) is 3. The van der Waals surface area contributed by atoms with Gasteiger partial charge in [-0.3, -0.25) is 4.79 Å². The van der Waals surface area contributed by atoms with Gasteiger partial charge in [0.15, 0.2) is 0 Å². The van der Waals surface area contributed by atoms with Crippen LogP contribution in [0.25, 0.3) is 0 Å². The molecule has 0 saturated carbocycles. The van der Waals surface area contributed by atoms with Crippen LogP contribution in [0.4, 0.5) is 4.39 Å². The van der Waals surface area contributed by atoms with Gasteiger partial charge in [0.2, 0.25) is 0 Å². The molecule has 0 bridgehead atoms. The average molecular weight is 280 g/mol. The Kier molecular flexibility index (Phi) is 5.02. The summed E-state index contributed by atoms with van der Waals surface area (Å²) in [7, 11) is 1.44. The minimum atomic E-state index is -0.225. The molecule has 19 heavy (non-hydrogen) atoms. The molecule has 2 nitrogen and oxygen atoms in total. The van der Waals surface area contributed by atoms with Crippen LogP contribution in [-0.4, -0.2) is 18.8 Å². The van der Waals surface area contributed by atoms with E-state index in [1.807, 2.05) is 6.08 Å². The number of ether oxygens (including phenoxy) is 1. The highest BCUT2D eigenvalue weighted by molar-refractivity contribution is 7.99. The van der Waals surface area contributed by atoms with E-state index in [1.54, 1.807) is 23.9 Å². The first-order valence-electron chi connectivity index (χ1n) is 6.32. The van der Waals surface area contributed by atoms with Crippen LogP contribution >= 0.6 is 11.8 Å². The van der Waals surface area contributed by atoms with Crippen molar-refractivity contribution in [2.24, 2.45) is 11.8 Å². The summed E-state index contributed by atoms with van der Waals surface area (Å²) in [6.07, 6.45) is 5.81. The van der Waals surface area contributed by atoms with E-state index >= 15 is 0 Å². The summed E-state index contributed by atoms with van der Waals surface area (Å²) in [5, 5.41) is 0. The van der Waals surface area contributed by atoms with E-state index in [-0.39, 0.29) is 23.6 Å². The summed E-state index contributed by atoms with van der Waals surface area (Å²) in [5.41, 5.74) is 0. The molecule has 1 aromatic carbocycles. The van der Waals surface area contributed by atoms with Gasteiger partial charge in [0.25, 0.3) is 0 Å². The smallest absolute Gasteiger partial charge is 0.309 e. The van der Waals surface area contributed by atoms with Crippen LogP contribution in [0.5, 0.6) is 0 Å². The zero-order valence-corrected chi connectivity index (χ0v) is 11.7. The lowest BCUT2D eigenvalue weighted by atomic mass is 9.84. The maximum absolute atomic E-state index is 12.8. The van der Waals surface area contributed by atoms with Crippen molar-refractivity contribution in [1.82, 2.24) is 0 Å². The number of allylic oxidation sites excluding steroid dienone is 2. The zero-order chi connectivity index (χ0) is 13.7. The molecule has 0 radical (unpaired) electrons. The molecule has 0 aliphatic heterocycles. The van der Waals surface area contributed by atoms with Crippen LogP contribution in [0.15, 0.2) is 41.3 Å². The number of benzene rings is 1. The summed E-state index contributed by atoms with van der Waals surface area (Å²) < 4.78 is 17.7. The number of thioether (sulfide) groups is 1. The number of rotatable bonds is 4. The fourth-order valence-corrected chi connectivity index (χ4v) is 3.33. The third-order valence-electron chi connectivity index (χ3n) is 3.35. The molecular weight excluding hydrogens is 263 g/mol. The van der Waals surface area contributed by atoms with Crippen molar-refractivity contribution in [2.75, 3.05) is 12.9 Å². The van der Waals surface area contributed by atoms with Gasteiger partial charge in [-0.1, -0.05) is 12.2 Å². The molecular formula is C15H17FO2S. The average Bonchev–Trinajstić information content (AvgIpc) is 2.46. The van der Waals surface area contributed by atoms with Crippen LogP contribution in [0.3, 0.4) is 0 Å². The third kappa shape index (κ3) is 3.83. The first-order valence-corrected chi connectivity index (χ1v) is 7.30. The Bertz CT molecular complexity index is 456. The largest absolute Gasteiger partial charge is 0.469 e. The standard InChI is InChI=1S/C15H17FO2S/c1-18-15(17)14-5-3-2-4-11(14)10-19-13-8-6-12(16)7-9-13/h2-3,6-9,11,14H,4-5,10H2,1H3. The lowest BCUT2D eigenvalue weighted by Gasteiger charge is -2.26. The summed E-state index contributed by atoms with van der Waals surface area (Å²) in [6.45, 7) is 0. The first-order chi connectivity index (χ1) is 9.20. The maximum atomic E-state index is 12.8. The van der Waals surface area contributed by atoms with Crippen LogP contribution < -0.4 is 0 Å². The number of carbonyl (C=O) groups excluding carboxylic acids is 1. The van der Waals surface area contributed by atoms with Crippen molar-refractivity contribution < 1.29 is 13.9 Å². The molecule has 0 spiro atoms. The topological polar surface area (TPSA) is 26.3 Å². The highest BCUT2D eigenvalue weighted by atomic mass is 32.2. The van der Waals surface area contributed by atoms with E-state index < -0.39 is 0 Å². The van der Waals surface area contributed by atoms with Crippen LogP contribution in [0.2, 0.25) is 0 Å². The Balaban J connectivity index is 1.95. The van der Waals surface area contributed by atoms with Gasteiger partial charge in [-0.05, 0) is 43.0 Å². The molecule has 0 fully saturated rings. The highest BCUT2D eigenvalue weighted by Gasteiger charge is 2.29. The Morgan fingerprint density at radius 3 is 2.68 bits per heavy atom. The van der Waals surface area contributed by atoms with Gasteiger partial charge in [0.05, 0.1) is 13.0 Å². The van der Waals surface area contributed by atoms with Crippen LogP contribution in [0.1, 0.15) is 12.8 Å². The predicted octanol–water partition coefficient (Wildman–Crippen LogP) is 3.67. The fraction of sp³-hybridized carbons (Fsp3) is 0.400. The number of halogens is 1. The number of carbonyl (C=O) groups is 1. The Morgan fingerprint density at radius 1 is 1.32 bits per heavy atom. The Labute approximate surface area is 117 Å². The molecule has 2 atom stereocenters. The summed E-state index contributed by atoms with van der Waals surface area (Å²) in [6, 6.07) is 6.46. The van der Waals surface area contributed by atoms with Gasteiger partial charge >= 0.3 is 5.97 Å². The molecule has 0 amide bonds. The zero-order valence-electron chi connectivity index (χ0n) is 10.8. The first kappa shape index (κ1) is 14.1. The van der Waals surface area contributed by atoms with E-state index in [1.165, 1.54) is 19.2 Å². The predicted molar refractivity (Wildman–Crippen MR) is 74.5 cm³/mol. The van der Waals surface area contributed by atoms with Gasteiger partial charge in [-0.25, -0.2) is 4.39 Å². The number of hydrogen-bond donors (Lipinski definition) is 0. The molecule has 1 aliphatic rings. The van der Waals surface area contributed by atoms with Gasteiger partial charge in [0.1, 0.15) is 5.82 Å².